The number of anilines is 2. The highest BCUT2D eigenvalue weighted by Crippen LogP contribution is 2.25. The Morgan fingerprint density at radius 3 is 2.38 bits per heavy atom. The van der Waals surface area contributed by atoms with Crippen molar-refractivity contribution in [1.82, 2.24) is 4.57 Å². The number of urea groups is 1. The van der Waals surface area contributed by atoms with Crippen molar-refractivity contribution < 1.29 is 9.72 Å². The van der Waals surface area contributed by atoms with Crippen molar-refractivity contribution in [2.75, 3.05) is 10.6 Å². The first-order valence-electron chi connectivity index (χ1n) is 7.79. The molecule has 1 heterocycles. The zero-order valence-electron chi connectivity index (χ0n) is 14.1. The summed E-state index contributed by atoms with van der Waals surface area (Å²) >= 11 is 0. The van der Waals surface area contributed by atoms with Gasteiger partial charge in [0.1, 0.15) is 0 Å². The maximum absolute atomic E-state index is 12.4. The van der Waals surface area contributed by atoms with E-state index in [-0.39, 0.29) is 11.2 Å². The summed E-state index contributed by atoms with van der Waals surface area (Å²) in [6, 6.07) is 10.9. The van der Waals surface area contributed by atoms with E-state index in [1.807, 2.05) is 0 Å². The molecule has 2 aromatic carbocycles. The van der Waals surface area contributed by atoms with Crippen molar-refractivity contribution in [3.63, 3.8) is 0 Å². The van der Waals surface area contributed by atoms with E-state index in [9.17, 15) is 19.7 Å². The Balaban J connectivity index is 1.92. The Kier molecular flexibility index (Phi) is 4.40. The summed E-state index contributed by atoms with van der Waals surface area (Å²) in [6.45, 7) is 1.56. The molecular formula is C18H16N4O4. The number of carbonyl (C=O) groups is 1. The van der Waals surface area contributed by atoms with Gasteiger partial charge in [0.25, 0.3) is 11.2 Å². The predicted molar refractivity (Wildman–Crippen MR) is 99.7 cm³/mol. The molecule has 0 aliphatic carbocycles. The Labute approximate surface area is 148 Å². The Morgan fingerprint density at radius 2 is 1.69 bits per heavy atom. The molecule has 0 aliphatic heterocycles. The topological polar surface area (TPSA) is 106 Å². The lowest BCUT2D eigenvalue weighted by Crippen LogP contribution is -2.23. The average molecular weight is 352 g/mol. The van der Waals surface area contributed by atoms with E-state index >= 15 is 0 Å². The van der Waals surface area contributed by atoms with Crippen molar-refractivity contribution in [3.8, 4) is 0 Å². The molecule has 3 aromatic rings. The van der Waals surface area contributed by atoms with Gasteiger partial charge in [-0.25, -0.2) is 4.79 Å². The maximum Gasteiger partial charge on any atom is 0.323 e. The lowest BCUT2D eigenvalue weighted by atomic mass is 10.1. The first kappa shape index (κ1) is 17.2. The van der Waals surface area contributed by atoms with Gasteiger partial charge >= 0.3 is 6.03 Å². The third-order valence-corrected chi connectivity index (χ3v) is 4.09. The number of nitrogens with one attached hydrogen (secondary N) is 2. The Bertz CT molecular complexity index is 1090. The van der Waals surface area contributed by atoms with Crippen LogP contribution in [0.25, 0.3) is 10.8 Å². The molecule has 0 spiro atoms. The molecule has 0 atom stereocenters. The van der Waals surface area contributed by atoms with Crippen molar-refractivity contribution in [1.29, 1.82) is 0 Å². The fourth-order valence-corrected chi connectivity index (χ4v) is 2.75. The fraction of sp³-hybridized carbons (Fsp3) is 0.111. The number of hydrogen-bond donors (Lipinski definition) is 2. The van der Waals surface area contributed by atoms with Gasteiger partial charge in [0.15, 0.2) is 0 Å². The van der Waals surface area contributed by atoms with Crippen LogP contribution < -0.4 is 16.2 Å². The van der Waals surface area contributed by atoms with Crippen LogP contribution in [0.3, 0.4) is 0 Å². The van der Waals surface area contributed by atoms with E-state index in [2.05, 4.69) is 10.6 Å². The second-order valence-electron chi connectivity index (χ2n) is 5.79. The molecule has 3 rings (SSSR count). The number of carbonyl (C=O) groups excluding carboxylic acids is 1. The summed E-state index contributed by atoms with van der Waals surface area (Å²) in [4.78, 5) is 35.1. The second kappa shape index (κ2) is 6.67. The number of hydrogen-bond acceptors (Lipinski definition) is 4. The fourth-order valence-electron chi connectivity index (χ4n) is 2.75. The number of rotatable bonds is 3. The van der Waals surface area contributed by atoms with Gasteiger partial charge in [0, 0.05) is 30.1 Å². The quantitative estimate of drug-likeness (QED) is 0.556. The number of amides is 2. The van der Waals surface area contributed by atoms with Gasteiger partial charge in [-0.15, -0.1) is 0 Å². The summed E-state index contributed by atoms with van der Waals surface area (Å²) in [7, 11) is 1.60. The summed E-state index contributed by atoms with van der Waals surface area (Å²) in [5, 5.41) is 17.4. The molecule has 0 unspecified atom stereocenters. The number of nitro benzene ring substituents is 1. The van der Waals surface area contributed by atoms with Gasteiger partial charge in [0.05, 0.1) is 21.9 Å². The minimum absolute atomic E-state index is 0.0737. The average Bonchev–Trinajstić information content (AvgIpc) is 2.61. The van der Waals surface area contributed by atoms with Crippen LogP contribution in [0.4, 0.5) is 21.9 Å². The van der Waals surface area contributed by atoms with Crippen LogP contribution in [-0.4, -0.2) is 15.5 Å². The molecule has 2 amide bonds. The van der Waals surface area contributed by atoms with Gasteiger partial charge in [-0.05, 0) is 19.1 Å². The van der Waals surface area contributed by atoms with Crippen molar-refractivity contribution in [3.05, 3.63) is 74.7 Å². The van der Waals surface area contributed by atoms with E-state index < -0.39 is 11.0 Å². The molecule has 132 valence electrons. The van der Waals surface area contributed by atoms with Gasteiger partial charge in [-0.3, -0.25) is 14.9 Å². The Hall–Kier alpha value is -3.68. The lowest BCUT2D eigenvalue weighted by molar-refractivity contribution is -0.385. The maximum atomic E-state index is 12.4. The van der Waals surface area contributed by atoms with Gasteiger partial charge in [-0.2, -0.15) is 0 Å². The van der Waals surface area contributed by atoms with Crippen LogP contribution in [-0.2, 0) is 7.05 Å². The van der Waals surface area contributed by atoms with E-state index in [0.717, 1.165) is 0 Å². The largest absolute Gasteiger partial charge is 0.323 e. The SMILES string of the molecule is Cc1c(NC(=O)Nc2cn(C)c(=O)c3ccccc23)cccc1[N+](=O)[O-]. The first-order valence-corrected chi connectivity index (χ1v) is 7.79. The summed E-state index contributed by atoms with van der Waals surface area (Å²) in [5.74, 6) is 0. The minimum atomic E-state index is -0.558. The normalized spacial score (nSPS) is 10.5. The van der Waals surface area contributed by atoms with E-state index in [1.165, 1.54) is 22.9 Å². The van der Waals surface area contributed by atoms with E-state index in [1.54, 1.807) is 44.3 Å². The van der Waals surface area contributed by atoms with Crippen LogP contribution in [0.15, 0.2) is 53.5 Å². The number of fused-ring (bicyclic) bond motifs is 1. The number of pyridine rings is 1. The molecule has 0 aliphatic rings. The minimum Gasteiger partial charge on any atom is -0.316 e. The summed E-state index contributed by atoms with van der Waals surface area (Å²) < 4.78 is 1.39. The molecule has 0 saturated carbocycles. The molecule has 1 aromatic heterocycles. The second-order valence-corrected chi connectivity index (χ2v) is 5.79. The number of aromatic nitrogens is 1. The number of aryl methyl sites for hydroxylation is 1. The van der Waals surface area contributed by atoms with Crippen LogP contribution in [0.2, 0.25) is 0 Å². The van der Waals surface area contributed by atoms with E-state index in [0.29, 0.717) is 27.7 Å². The van der Waals surface area contributed by atoms with Crippen molar-refractivity contribution >= 4 is 33.9 Å². The Morgan fingerprint density at radius 1 is 1.04 bits per heavy atom. The molecular weight excluding hydrogens is 336 g/mol. The molecule has 0 fully saturated rings. The highest BCUT2D eigenvalue weighted by molar-refractivity contribution is 6.06. The predicted octanol–water partition coefficient (Wildman–Crippen LogP) is 3.40. The molecule has 0 radical (unpaired) electrons. The molecule has 26 heavy (non-hydrogen) atoms. The summed E-state index contributed by atoms with van der Waals surface area (Å²) in [5.41, 5.74) is 0.920. The number of nitrogens with zero attached hydrogens (tertiary/aromatic N) is 2. The van der Waals surface area contributed by atoms with Gasteiger partial charge in [-0.1, -0.05) is 24.3 Å². The zero-order valence-corrected chi connectivity index (χ0v) is 14.1. The molecule has 2 N–H and O–H groups in total. The lowest BCUT2D eigenvalue weighted by Gasteiger charge is -2.13. The molecule has 0 bridgehead atoms. The standard InChI is InChI=1S/C18H16N4O4/c1-11-14(8-5-9-16(11)22(25)26)19-18(24)20-15-10-21(2)17(23)13-7-4-3-6-12(13)15/h3-10H,1-2H3,(H2,19,20,24). The third kappa shape index (κ3) is 3.12. The van der Waals surface area contributed by atoms with Crippen LogP contribution in [0, 0.1) is 17.0 Å². The molecule has 0 saturated heterocycles. The van der Waals surface area contributed by atoms with Crippen LogP contribution in [0.1, 0.15) is 5.56 Å². The highest BCUT2D eigenvalue weighted by Gasteiger charge is 2.15. The van der Waals surface area contributed by atoms with Crippen molar-refractivity contribution in [2.24, 2.45) is 7.05 Å². The van der Waals surface area contributed by atoms with Crippen molar-refractivity contribution in [2.45, 2.75) is 6.92 Å². The van der Waals surface area contributed by atoms with Gasteiger partial charge in [0.2, 0.25) is 0 Å². The van der Waals surface area contributed by atoms with Crippen LogP contribution >= 0.6 is 0 Å². The number of benzene rings is 2. The smallest absolute Gasteiger partial charge is 0.316 e. The molecule has 8 nitrogen and oxygen atoms in total. The zero-order chi connectivity index (χ0) is 18.8. The summed E-state index contributed by atoms with van der Waals surface area (Å²) in [6.07, 6.45) is 1.53. The first-order chi connectivity index (χ1) is 12.4. The monoisotopic (exact) mass is 352 g/mol. The van der Waals surface area contributed by atoms with E-state index in [4.69, 9.17) is 0 Å². The molecule has 8 heteroatoms. The van der Waals surface area contributed by atoms with Gasteiger partial charge < -0.3 is 15.2 Å². The van der Waals surface area contributed by atoms with Crippen LogP contribution in [0.5, 0.6) is 0 Å². The highest BCUT2D eigenvalue weighted by atomic mass is 16.6. The third-order valence-electron chi connectivity index (χ3n) is 4.09. The number of nitro groups is 1.